The van der Waals surface area contributed by atoms with Crippen molar-refractivity contribution in [3.05, 3.63) is 76.0 Å². The summed E-state index contributed by atoms with van der Waals surface area (Å²) in [5.41, 5.74) is 2.15. The molecule has 1 amide bonds. The zero-order chi connectivity index (χ0) is 22.5. The Morgan fingerprint density at radius 1 is 1.28 bits per heavy atom. The first kappa shape index (κ1) is 22.2. The van der Waals surface area contributed by atoms with Crippen LogP contribution in [0.15, 0.2) is 54.2 Å². The van der Waals surface area contributed by atoms with Crippen LogP contribution in [0.1, 0.15) is 33.3 Å². The number of hydrogen-bond acceptors (Lipinski definition) is 6. The third-order valence-corrected chi connectivity index (χ3v) is 6.55. The van der Waals surface area contributed by atoms with Gasteiger partial charge in [-0.1, -0.05) is 12.1 Å². The second kappa shape index (κ2) is 10.1. The van der Waals surface area contributed by atoms with Crippen molar-refractivity contribution in [2.75, 3.05) is 38.6 Å². The Morgan fingerprint density at radius 2 is 2.16 bits per heavy atom. The van der Waals surface area contributed by atoms with E-state index in [1.165, 1.54) is 6.07 Å². The summed E-state index contributed by atoms with van der Waals surface area (Å²) in [6.45, 7) is 2.34. The number of hydrogen-bond donors (Lipinski definition) is 1. The summed E-state index contributed by atoms with van der Waals surface area (Å²) in [4.78, 5) is 22.0. The predicted molar refractivity (Wildman–Crippen MR) is 125 cm³/mol. The summed E-state index contributed by atoms with van der Waals surface area (Å²) in [6.07, 6.45) is 3.81. The summed E-state index contributed by atoms with van der Waals surface area (Å²) >= 11 is 1.60. The lowest BCUT2D eigenvalue weighted by Gasteiger charge is -2.22. The lowest BCUT2D eigenvalue weighted by molar-refractivity contribution is 0.0754. The maximum absolute atomic E-state index is 14.9. The highest BCUT2D eigenvalue weighted by atomic mass is 32.1. The Balaban J connectivity index is 1.49. The molecule has 1 aromatic carbocycles. The van der Waals surface area contributed by atoms with E-state index in [1.807, 2.05) is 48.6 Å². The number of halogens is 1. The van der Waals surface area contributed by atoms with E-state index >= 15 is 0 Å². The Morgan fingerprint density at radius 3 is 2.91 bits per heavy atom. The smallest absolute Gasteiger partial charge is 0.257 e. The van der Waals surface area contributed by atoms with Gasteiger partial charge in [0, 0.05) is 50.4 Å². The van der Waals surface area contributed by atoms with Crippen LogP contribution in [-0.4, -0.2) is 49.5 Å². The molecule has 1 unspecified atom stereocenters. The van der Waals surface area contributed by atoms with Gasteiger partial charge < -0.3 is 19.9 Å². The van der Waals surface area contributed by atoms with E-state index in [2.05, 4.69) is 10.3 Å². The Bertz CT molecular complexity index is 1060. The molecule has 0 aliphatic carbocycles. The number of pyridine rings is 1. The quantitative estimate of drug-likeness (QED) is 0.555. The Kier molecular flexibility index (Phi) is 7.02. The van der Waals surface area contributed by atoms with Gasteiger partial charge >= 0.3 is 0 Å². The number of benzene rings is 1. The van der Waals surface area contributed by atoms with Gasteiger partial charge in [0.05, 0.1) is 11.3 Å². The van der Waals surface area contributed by atoms with Crippen LogP contribution in [0.25, 0.3) is 0 Å². The number of thiophene rings is 1. The van der Waals surface area contributed by atoms with Crippen LogP contribution in [0.4, 0.5) is 10.1 Å². The second-order valence-electron chi connectivity index (χ2n) is 7.82. The standard InChI is InChI=1S/C24H27FN4O2S/c1-26-9-8-22(23-4-3-13-32-23)31-21-6-5-17(14-19(21)25)16-29-12-11-28(2)20-7-10-27-15-18(20)24(29)30/h3-7,10,13-15,22,26H,8-9,11-12,16H2,1-2H3. The minimum Gasteiger partial charge on any atom is -0.482 e. The van der Waals surface area contributed by atoms with Crippen LogP contribution in [0, 0.1) is 5.82 Å². The summed E-state index contributed by atoms with van der Waals surface area (Å²) in [5.74, 6) is -0.294. The van der Waals surface area contributed by atoms with Gasteiger partial charge in [0.25, 0.3) is 5.91 Å². The molecule has 168 valence electrons. The molecule has 8 heteroatoms. The maximum atomic E-state index is 14.9. The molecule has 1 N–H and O–H groups in total. The first-order valence-corrected chi connectivity index (χ1v) is 11.5. The summed E-state index contributed by atoms with van der Waals surface area (Å²) in [5, 5.41) is 5.11. The molecule has 1 atom stereocenters. The minimum absolute atomic E-state index is 0.0944. The van der Waals surface area contributed by atoms with Gasteiger partial charge in [-0.3, -0.25) is 9.78 Å². The summed E-state index contributed by atoms with van der Waals surface area (Å²) in [6, 6.07) is 10.8. The van der Waals surface area contributed by atoms with Crippen LogP contribution in [0.3, 0.4) is 0 Å². The van der Waals surface area contributed by atoms with Crippen molar-refractivity contribution in [1.82, 2.24) is 15.2 Å². The fourth-order valence-electron chi connectivity index (χ4n) is 3.82. The van der Waals surface area contributed by atoms with Gasteiger partial charge in [-0.15, -0.1) is 11.3 Å². The summed E-state index contributed by atoms with van der Waals surface area (Å²) < 4.78 is 21.0. The van der Waals surface area contributed by atoms with Crippen LogP contribution in [-0.2, 0) is 6.54 Å². The van der Waals surface area contributed by atoms with E-state index in [1.54, 1.807) is 34.7 Å². The van der Waals surface area contributed by atoms with Gasteiger partial charge in [0.2, 0.25) is 0 Å². The Hall–Kier alpha value is -2.97. The zero-order valence-corrected chi connectivity index (χ0v) is 19.1. The number of amides is 1. The van der Waals surface area contributed by atoms with E-state index in [4.69, 9.17) is 4.74 Å². The van der Waals surface area contributed by atoms with Crippen molar-refractivity contribution in [2.24, 2.45) is 0 Å². The third kappa shape index (κ3) is 4.92. The van der Waals surface area contributed by atoms with Crippen molar-refractivity contribution in [2.45, 2.75) is 19.1 Å². The largest absolute Gasteiger partial charge is 0.482 e. The highest BCUT2D eigenvalue weighted by Gasteiger charge is 2.25. The summed E-state index contributed by atoms with van der Waals surface area (Å²) in [7, 11) is 3.84. The zero-order valence-electron chi connectivity index (χ0n) is 18.3. The molecule has 1 aliphatic heterocycles. The number of likely N-dealkylation sites (N-methyl/N-ethyl adjacent to an activating group) is 1. The number of carbonyl (C=O) groups is 1. The molecule has 0 saturated carbocycles. The van der Waals surface area contributed by atoms with Crippen LogP contribution >= 0.6 is 11.3 Å². The number of nitrogens with one attached hydrogen (secondary N) is 1. The van der Waals surface area contributed by atoms with Crippen molar-refractivity contribution in [3.8, 4) is 5.75 Å². The number of carbonyl (C=O) groups excluding carboxylic acids is 1. The average molecular weight is 455 g/mol. The van der Waals surface area contributed by atoms with Gasteiger partial charge in [0.15, 0.2) is 11.6 Å². The van der Waals surface area contributed by atoms with Gasteiger partial charge in [-0.2, -0.15) is 0 Å². The van der Waals surface area contributed by atoms with E-state index in [0.29, 0.717) is 25.2 Å². The lowest BCUT2D eigenvalue weighted by atomic mass is 10.1. The molecular weight excluding hydrogens is 427 g/mol. The van der Waals surface area contributed by atoms with E-state index in [0.717, 1.165) is 29.1 Å². The fourth-order valence-corrected chi connectivity index (χ4v) is 4.61. The van der Waals surface area contributed by atoms with E-state index < -0.39 is 5.82 Å². The Labute approximate surface area is 191 Å². The highest BCUT2D eigenvalue weighted by Crippen LogP contribution is 2.30. The van der Waals surface area contributed by atoms with Gasteiger partial charge in [-0.05, 0) is 48.8 Å². The van der Waals surface area contributed by atoms with E-state index in [9.17, 15) is 9.18 Å². The molecule has 3 aromatic rings. The SMILES string of the molecule is CNCCC(Oc1ccc(CN2CCN(C)c3ccncc3C2=O)cc1F)c1cccs1. The molecule has 3 heterocycles. The lowest BCUT2D eigenvalue weighted by Crippen LogP contribution is -2.33. The normalized spacial score (nSPS) is 14.8. The van der Waals surface area contributed by atoms with Crippen molar-refractivity contribution < 1.29 is 13.9 Å². The number of nitrogens with zero attached hydrogens (tertiary/aromatic N) is 3. The molecule has 0 saturated heterocycles. The first-order valence-electron chi connectivity index (χ1n) is 10.6. The topological polar surface area (TPSA) is 57.7 Å². The number of fused-ring (bicyclic) bond motifs is 1. The highest BCUT2D eigenvalue weighted by molar-refractivity contribution is 7.10. The van der Waals surface area contributed by atoms with Gasteiger partial charge in [-0.25, -0.2) is 4.39 Å². The molecule has 0 radical (unpaired) electrons. The van der Waals surface area contributed by atoms with Crippen LogP contribution < -0.4 is 15.0 Å². The predicted octanol–water partition coefficient (Wildman–Crippen LogP) is 4.10. The monoisotopic (exact) mass is 454 g/mol. The first-order chi connectivity index (χ1) is 15.6. The molecule has 0 fully saturated rings. The van der Waals surface area contributed by atoms with Crippen molar-refractivity contribution >= 4 is 22.9 Å². The van der Waals surface area contributed by atoms with Crippen molar-refractivity contribution in [3.63, 3.8) is 0 Å². The third-order valence-electron chi connectivity index (χ3n) is 5.59. The van der Waals surface area contributed by atoms with Crippen LogP contribution in [0.5, 0.6) is 5.75 Å². The van der Waals surface area contributed by atoms with E-state index in [-0.39, 0.29) is 17.8 Å². The van der Waals surface area contributed by atoms with Gasteiger partial charge in [0.1, 0.15) is 6.10 Å². The number of rotatable bonds is 8. The molecule has 6 nitrogen and oxygen atoms in total. The van der Waals surface area contributed by atoms with Crippen LogP contribution in [0.2, 0.25) is 0 Å². The fraction of sp³-hybridized carbons (Fsp3) is 0.333. The molecule has 32 heavy (non-hydrogen) atoms. The number of aromatic nitrogens is 1. The number of anilines is 1. The number of ether oxygens (including phenoxy) is 1. The molecule has 2 aromatic heterocycles. The molecular formula is C24H27FN4O2S. The maximum Gasteiger partial charge on any atom is 0.257 e. The van der Waals surface area contributed by atoms with Crippen molar-refractivity contribution in [1.29, 1.82) is 0 Å². The molecule has 0 bridgehead atoms. The molecule has 0 spiro atoms. The second-order valence-corrected chi connectivity index (χ2v) is 8.80. The average Bonchev–Trinajstić information content (AvgIpc) is 3.31. The minimum atomic E-state index is -0.421. The molecule has 4 rings (SSSR count). The molecule has 1 aliphatic rings.